The summed E-state index contributed by atoms with van der Waals surface area (Å²) in [4.78, 5) is 16.3. The molecule has 0 spiro atoms. The fourth-order valence-corrected chi connectivity index (χ4v) is 2.66. The minimum absolute atomic E-state index is 0.141. The zero-order valence-corrected chi connectivity index (χ0v) is 15.8. The van der Waals surface area contributed by atoms with Gasteiger partial charge in [0.15, 0.2) is 11.6 Å². The van der Waals surface area contributed by atoms with Crippen molar-refractivity contribution in [1.82, 2.24) is 9.55 Å². The van der Waals surface area contributed by atoms with Crippen molar-refractivity contribution in [2.75, 3.05) is 12.4 Å². The van der Waals surface area contributed by atoms with E-state index in [-0.39, 0.29) is 18.1 Å². The molecule has 28 heavy (non-hydrogen) atoms. The highest BCUT2D eigenvalue weighted by atomic mass is 19.1. The third-order valence-corrected chi connectivity index (χ3v) is 4.28. The largest absolute Gasteiger partial charge is 0.494 e. The molecule has 7 heteroatoms. The lowest BCUT2D eigenvalue weighted by Crippen LogP contribution is -2.12. The molecule has 0 aliphatic rings. The van der Waals surface area contributed by atoms with Gasteiger partial charge in [-0.15, -0.1) is 0 Å². The molecule has 1 aromatic heterocycles. The van der Waals surface area contributed by atoms with Crippen molar-refractivity contribution in [2.45, 2.75) is 19.4 Å². The van der Waals surface area contributed by atoms with Crippen LogP contribution < -0.4 is 14.8 Å². The van der Waals surface area contributed by atoms with E-state index in [1.54, 1.807) is 42.6 Å². The molecule has 0 aliphatic carbocycles. The number of hydrogen-bond donors (Lipinski definition) is 1. The van der Waals surface area contributed by atoms with Crippen molar-refractivity contribution in [1.29, 1.82) is 0 Å². The van der Waals surface area contributed by atoms with Gasteiger partial charge in [0.2, 0.25) is 5.91 Å². The number of nitrogens with zero attached hydrogens (tertiary/aromatic N) is 2. The van der Waals surface area contributed by atoms with Crippen molar-refractivity contribution >= 4 is 11.6 Å². The highest BCUT2D eigenvalue weighted by Crippen LogP contribution is 2.19. The van der Waals surface area contributed by atoms with Gasteiger partial charge in [0.1, 0.15) is 18.2 Å². The number of rotatable bonds is 8. The number of halogens is 1. The highest BCUT2D eigenvalue weighted by Gasteiger charge is 2.07. The fraction of sp³-hybridized carbons (Fsp3) is 0.238. The van der Waals surface area contributed by atoms with Gasteiger partial charge in [-0.3, -0.25) is 4.79 Å². The molecule has 0 unspecified atom stereocenters. The number of carbonyl (C=O) groups is 1. The lowest BCUT2D eigenvalue weighted by molar-refractivity contribution is -0.116. The maximum atomic E-state index is 13.7. The summed E-state index contributed by atoms with van der Waals surface area (Å²) in [6.07, 6.45) is 4.27. The Labute approximate surface area is 162 Å². The molecule has 2 aromatic carbocycles. The number of hydrogen-bond acceptors (Lipinski definition) is 4. The van der Waals surface area contributed by atoms with Gasteiger partial charge in [0, 0.05) is 31.5 Å². The van der Waals surface area contributed by atoms with Crippen molar-refractivity contribution in [3.05, 3.63) is 72.1 Å². The zero-order valence-electron chi connectivity index (χ0n) is 15.8. The summed E-state index contributed by atoms with van der Waals surface area (Å²) in [6.45, 7) is 0.369. The maximum Gasteiger partial charge on any atom is 0.224 e. The number of anilines is 1. The third-order valence-electron chi connectivity index (χ3n) is 4.28. The van der Waals surface area contributed by atoms with Gasteiger partial charge in [-0.25, -0.2) is 9.37 Å². The first-order valence-electron chi connectivity index (χ1n) is 8.86. The van der Waals surface area contributed by atoms with Crippen LogP contribution in [0.5, 0.6) is 11.5 Å². The standard InChI is InChI=1S/C21H22FN3O3/c1-25-12-11-23-20(25)14-28-17-7-5-16(6-8-17)24-21(26)10-4-15-3-9-19(27-2)18(22)13-15/h3,5-9,11-13H,4,10,14H2,1-2H3,(H,24,26). The second-order valence-corrected chi connectivity index (χ2v) is 6.28. The molecule has 0 bridgehead atoms. The molecule has 0 saturated heterocycles. The molecule has 0 fully saturated rings. The molecule has 0 saturated carbocycles. The van der Waals surface area contributed by atoms with Gasteiger partial charge in [0.25, 0.3) is 0 Å². The van der Waals surface area contributed by atoms with Crippen LogP contribution in [0.15, 0.2) is 54.9 Å². The Morgan fingerprint density at radius 1 is 1.21 bits per heavy atom. The van der Waals surface area contributed by atoms with Crippen LogP contribution in [0.3, 0.4) is 0 Å². The number of carbonyl (C=O) groups excluding carboxylic acids is 1. The molecule has 1 amide bonds. The molecule has 1 N–H and O–H groups in total. The van der Waals surface area contributed by atoms with E-state index >= 15 is 0 Å². The normalized spacial score (nSPS) is 10.5. The number of imidazole rings is 1. The average molecular weight is 383 g/mol. The smallest absolute Gasteiger partial charge is 0.224 e. The second-order valence-electron chi connectivity index (χ2n) is 6.28. The van der Waals surface area contributed by atoms with Gasteiger partial charge in [-0.1, -0.05) is 6.07 Å². The Morgan fingerprint density at radius 3 is 2.64 bits per heavy atom. The topological polar surface area (TPSA) is 65.4 Å². The summed E-state index contributed by atoms with van der Waals surface area (Å²) in [5.74, 6) is 1.14. The highest BCUT2D eigenvalue weighted by molar-refractivity contribution is 5.90. The van der Waals surface area contributed by atoms with Crippen molar-refractivity contribution in [3.63, 3.8) is 0 Å². The van der Waals surface area contributed by atoms with E-state index in [2.05, 4.69) is 10.3 Å². The molecule has 6 nitrogen and oxygen atoms in total. The van der Waals surface area contributed by atoms with Crippen LogP contribution >= 0.6 is 0 Å². The second kappa shape index (κ2) is 9.03. The van der Waals surface area contributed by atoms with Crippen molar-refractivity contribution in [3.8, 4) is 11.5 Å². The molecule has 0 radical (unpaired) electrons. The number of aromatic nitrogens is 2. The molecular weight excluding hydrogens is 361 g/mol. The summed E-state index contributed by atoms with van der Waals surface area (Å²) in [7, 11) is 3.32. The summed E-state index contributed by atoms with van der Waals surface area (Å²) >= 11 is 0. The summed E-state index contributed by atoms with van der Waals surface area (Å²) in [5.41, 5.74) is 1.42. The number of amides is 1. The molecule has 1 heterocycles. The van der Waals surface area contributed by atoms with Crippen LogP contribution in [-0.2, 0) is 24.9 Å². The lowest BCUT2D eigenvalue weighted by atomic mass is 10.1. The van der Waals surface area contributed by atoms with E-state index in [0.717, 1.165) is 11.4 Å². The summed E-state index contributed by atoms with van der Waals surface area (Å²) in [5, 5.41) is 2.83. The van der Waals surface area contributed by atoms with E-state index in [0.29, 0.717) is 24.5 Å². The molecule has 0 aliphatic heterocycles. The van der Waals surface area contributed by atoms with E-state index in [9.17, 15) is 9.18 Å². The van der Waals surface area contributed by atoms with Gasteiger partial charge < -0.3 is 19.4 Å². The number of nitrogens with one attached hydrogen (secondary N) is 1. The summed E-state index contributed by atoms with van der Waals surface area (Å²) < 4.78 is 26.2. The summed E-state index contributed by atoms with van der Waals surface area (Å²) in [6, 6.07) is 11.8. The molecule has 146 valence electrons. The third kappa shape index (κ3) is 5.09. The SMILES string of the molecule is COc1ccc(CCC(=O)Nc2ccc(OCc3nccn3C)cc2)cc1F. The molecule has 3 rings (SSSR count). The first-order chi connectivity index (χ1) is 13.5. The molecular formula is C21H22FN3O3. The van der Waals surface area contributed by atoms with Gasteiger partial charge in [-0.05, 0) is 48.4 Å². The van der Waals surface area contributed by atoms with Crippen LogP contribution in [0.25, 0.3) is 0 Å². The zero-order chi connectivity index (χ0) is 19.9. The quantitative estimate of drug-likeness (QED) is 0.644. The van der Waals surface area contributed by atoms with E-state index in [1.165, 1.54) is 13.2 Å². The lowest BCUT2D eigenvalue weighted by Gasteiger charge is -2.09. The first-order valence-corrected chi connectivity index (χ1v) is 8.86. The van der Waals surface area contributed by atoms with Crippen molar-refractivity contribution in [2.24, 2.45) is 7.05 Å². The van der Waals surface area contributed by atoms with E-state index < -0.39 is 5.82 Å². The van der Waals surface area contributed by atoms with Crippen LogP contribution in [0.4, 0.5) is 10.1 Å². The van der Waals surface area contributed by atoms with Gasteiger partial charge >= 0.3 is 0 Å². The van der Waals surface area contributed by atoms with Crippen LogP contribution in [0.1, 0.15) is 17.8 Å². The Kier molecular flexibility index (Phi) is 6.26. The van der Waals surface area contributed by atoms with E-state index in [4.69, 9.17) is 9.47 Å². The monoisotopic (exact) mass is 383 g/mol. The van der Waals surface area contributed by atoms with Crippen LogP contribution in [0.2, 0.25) is 0 Å². The number of methoxy groups -OCH3 is 1. The molecule has 3 aromatic rings. The Balaban J connectivity index is 1.47. The Bertz CT molecular complexity index is 938. The minimum Gasteiger partial charge on any atom is -0.494 e. The Morgan fingerprint density at radius 2 is 2.00 bits per heavy atom. The predicted octanol–water partition coefficient (Wildman–Crippen LogP) is 3.72. The predicted molar refractivity (Wildman–Crippen MR) is 104 cm³/mol. The van der Waals surface area contributed by atoms with Gasteiger partial charge in [-0.2, -0.15) is 0 Å². The number of ether oxygens (including phenoxy) is 2. The van der Waals surface area contributed by atoms with E-state index in [1.807, 2.05) is 17.8 Å². The number of benzene rings is 2. The van der Waals surface area contributed by atoms with Crippen molar-refractivity contribution < 1.29 is 18.7 Å². The van der Waals surface area contributed by atoms with Crippen LogP contribution in [0, 0.1) is 5.82 Å². The molecule has 0 atom stereocenters. The Hall–Kier alpha value is -3.35. The average Bonchev–Trinajstić information content (AvgIpc) is 3.11. The van der Waals surface area contributed by atoms with Gasteiger partial charge in [0.05, 0.1) is 7.11 Å². The fourth-order valence-electron chi connectivity index (χ4n) is 2.66. The first kappa shape index (κ1) is 19.4. The minimum atomic E-state index is -0.429. The maximum absolute atomic E-state index is 13.7. The number of aryl methyl sites for hydroxylation is 2. The van der Waals surface area contributed by atoms with Crippen LogP contribution in [-0.4, -0.2) is 22.6 Å².